The van der Waals surface area contributed by atoms with Gasteiger partial charge in [-0.1, -0.05) is 11.6 Å². The second kappa shape index (κ2) is 4.18. The summed E-state index contributed by atoms with van der Waals surface area (Å²) in [5.74, 6) is 0. The Labute approximate surface area is 96.4 Å². The third kappa shape index (κ3) is 1.78. The number of nitrogens with two attached hydrogens (primary N) is 1. The van der Waals surface area contributed by atoms with Gasteiger partial charge in [0.15, 0.2) is 0 Å². The fourth-order valence-corrected chi connectivity index (χ4v) is 2.08. The van der Waals surface area contributed by atoms with Gasteiger partial charge in [-0.25, -0.2) is 0 Å². The van der Waals surface area contributed by atoms with E-state index in [0.29, 0.717) is 6.54 Å². The van der Waals surface area contributed by atoms with Gasteiger partial charge in [0.05, 0.1) is 5.52 Å². The van der Waals surface area contributed by atoms with Crippen LogP contribution in [0.2, 0.25) is 0 Å². The number of benzene rings is 1. The molecule has 0 aliphatic heterocycles. The van der Waals surface area contributed by atoms with Gasteiger partial charge in [0.25, 0.3) is 0 Å². The molecule has 0 atom stereocenters. The van der Waals surface area contributed by atoms with Crippen LogP contribution in [0.3, 0.4) is 0 Å². The summed E-state index contributed by atoms with van der Waals surface area (Å²) in [4.78, 5) is 0. The molecule has 0 unspecified atom stereocenters. The van der Waals surface area contributed by atoms with Crippen LogP contribution in [0, 0.1) is 6.92 Å². The van der Waals surface area contributed by atoms with Crippen molar-refractivity contribution < 1.29 is 0 Å². The molecule has 0 aliphatic carbocycles. The van der Waals surface area contributed by atoms with E-state index in [4.69, 9.17) is 5.73 Å². The minimum absolute atomic E-state index is 0.695. The standard InChI is InChI=1S/C13H19N3/c1-10-4-5-13-12(8-10)11(6-7-14)9-16(13)15(2)3/h4-5,8-9H,6-7,14H2,1-3H3. The van der Waals surface area contributed by atoms with Gasteiger partial charge in [-0.3, -0.25) is 4.68 Å². The van der Waals surface area contributed by atoms with Gasteiger partial charge < -0.3 is 10.7 Å². The van der Waals surface area contributed by atoms with Crippen molar-refractivity contribution in [3.63, 3.8) is 0 Å². The maximum Gasteiger partial charge on any atom is 0.0697 e. The number of aryl methyl sites for hydroxylation is 1. The lowest BCUT2D eigenvalue weighted by atomic mass is 10.1. The number of fused-ring (bicyclic) bond motifs is 1. The molecule has 0 radical (unpaired) electrons. The molecule has 1 aromatic carbocycles. The number of nitrogens with zero attached hydrogens (tertiary/aromatic N) is 2. The summed E-state index contributed by atoms with van der Waals surface area (Å²) in [6.45, 7) is 2.82. The molecule has 3 heteroatoms. The van der Waals surface area contributed by atoms with Crippen molar-refractivity contribution in [1.29, 1.82) is 0 Å². The maximum absolute atomic E-state index is 5.65. The number of hydrogen-bond donors (Lipinski definition) is 1. The van der Waals surface area contributed by atoms with Crippen LogP contribution in [0.5, 0.6) is 0 Å². The molecule has 2 aromatic rings. The molecule has 0 amide bonds. The quantitative estimate of drug-likeness (QED) is 0.848. The summed E-state index contributed by atoms with van der Waals surface area (Å²) in [6, 6.07) is 6.56. The minimum Gasteiger partial charge on any atom is -0.330 e. The molecule has 0 spiro atoms. The molecule has 2 rings (SSSR count). The summed E-state index contributed by atoms with van der Waals surface area (Å²) in [6.07, 6.45) is 3.11. The second-order valence-electron chi connectivity index (χ2n) is 4.41. The van der Waals surface area contributed by atoms with Gasteiger partial charge in [0, 0.05) is 25.7 Å². The molecular weight excluding hydrogens is 198 g/mol. The van der Waals surface area contributed by atoms with Crippen LogP contribution < -0.4 is 10.7 Å². The first kappa shape index (κ1) is 11.0. The lowest BCUT2D eigenvalue weighted by Gasteiger charge is -2.15. The fourth-order valence-electron chi connectivity index (χ4n) is 2.08. The molecule has 86 valence electrons. The smallest absolute Gasteiger partial charge is 0.0697 e. The molecule has 0 bridgehead atoms. The van der Waals surface area contributed by atoms with Crippen LogP contribution in [0.4, 0.5) is 0 Å². The summed E-state index contributed by atoms with van der Waals surface area (Å²) in [7, 11) is 4.09. The predicted octanol–water partition coefficient (Wildman–Crippen LogP) is 1.65. The van der Waals surface area contributed by atoms with E-state index < -0.39 is 0 Å². The molecule has 0 saturated carbocycles. The summed E-state index contributed by atoms with van der Waals surface area (Å²) in [5.41, 5.74) is 9.52. The van der Waals surface area contributed by atoms with Crippen molar-refractivity contribution in [1.82, 2.24) is 4.68 Å². The summed E-state index contributed by atoms with van der Waals surface area (Å²) in [5, 5.41) is 3.40. The van der Waals surface area contributed by atoms with Crippen LogP contribution in [-0.2, 0) is 6.42 Å². The Kier molecular flexibility index (Phi) is 2.88. The lowest BCUT2D eigenvalue weighted by Crippen LogP contribution is -2.23. The van der Waals surface area contributed by atoms with Crippen molar-refractivity contribution in [3.8, 4) is 0 Å². The molecule has 0 aliphatic rings. The van der Waals surface area contributed by atoms with Crippen molar-refractivity contribution in [3.05, 3.63) is 35.5 Å². The third-order valence-electron chi connectivity index (χ3n) is 2.87. The Balaban J connectivity index is 2.66. The molecule has 3 nitrogen and oxygen atoms in total. The Morgan fingerprint density at radius 3 is 2.69 bits per heavy atom. The van der Waals surface area contributed by atoms with Gasteiger partial charge in [0.2, 0.25) is 0 Å². The van der Waals surface area contributed by atoms with E-state index >= 15 is 0 Å². The zero-order valence-electron chi connectivity index (χ0n) is 10.2. The highest BCUT2D eigenvalue weighted by atomic mass is 15.5. The van der Waals surface area contributed by atoms with E-state index in [1.165, 1.54) is 22.0 Å². The Hall–Kier alpha value is -1.48. The highest BCUT2D eigenvalue weighted by Gasteiger charge is 2.08. The van der Waals surface area contributed by atoms with Gasteiger partial charge in [-0.05, 0) is 37.6 Å². The molecule has 16 heavy (non-hydrogen) atoms. The molecule has 2 N–H and O–H groups in total. The monoisotopic (exact) mass is 217 g/mol. The van der Waals surface area contributed by atoms with E-state index in [9.17, 15) is 0 Å². The Morgan fingerprint density at radius 2 is 2.06 bits per heavy atom. The van der Waals surface area contributed by atoms with Crippen LogP contribution in [0.25, 0.3) is 10.9 Å². The fraction of sp³-hybridized carbons (Fsp3) is 0.385. The Bertz CT molecular complexity index is 497. The molecule has 1 heterocycles. The first-order chi connectivity index (χ1) is 7.63. The first-order valence-corrected chi connectivity index (χ1v) is 5.61. The third-order valence-corrected chi connectivity index (χ3v) is 2.87. The summed E-state index contributed by atoms with van der Waals surface area (Å²) >= 11 is 0. The molecule has 0 saturated heterocycles. The normalized spacial score (nSPS) is 11.0. The maximum atomic E-state index is 5.65. The largest absolute Gasteiger partial charge is 0.330 e. The van der Waals surface area contributed by atoms with Crippen molar-refractivity contribution in [2.24, 2.45) is 5.73 Å². The average molecular weight is 217 g/mol. The average Bonchev–Trinajstić information content (AvgIpc) is 2.58. The van der Waals surface area contributed by atoms with E-state index in [0.717, 1.165) is 6.42 Å². The zero-order chi connectivity index (χ0) is 11.7. The lowest BCUT2D eigenvalue weighted by molar-refractivity contribution is 0.757. The highest BCUT2D eigenvalue weighted by molar-refractivity contribution is 5.85. The van der Waals surface area contributed by atoms with E-state index in [1.54, 1.807) is 0 Å². The van der Waals surface area contributed by atoms with E-state index in [1.807, 2.05) is 14.1 Å². The zero-order valence-corrected chi connectivity index (χ0v) is 10.2. The minimum atomic E-state index is 0.695. The van der Waals surface area contributed by atoms with Crippen molar-refractivity contribution >= 4 is 10.9 Å². The highest BCUT2D eigenvalue weighted by Crippen LogP contribution is 2.22. The van der Waals surface area contributed by atoms with Gasteiger partial charge in [0.1, 0.15) is 0 Å². The molecule has 0 fully saturated rings. The van der Waals surface area contributed by atoms with Crippen LogP contribution in [0.15, 0.2) is 24.4 Å². The predicted molar refractivity (Wildman–Crippen MR) is 69.5 cm³/mol. The van der Waals surface area contributed by atoms with Crippen LogP contribution in [-0.4, -0.2) is 25.3 Å². The van der Waals surface area contributed by atoms with E-state index in [-0.39, 0.29) is 0 Å². The van der Waals surface area contributed by atoms with Crippen LogP contribution >= 0.6 is 0 Å². The number of rotatable bonds is 3. The van der Waals surface area contributed by atoms with Gasteiger partial charge in [-0.15, -0.1) is 0 Å². The van der Waals surface area contributed by atoms with Gasteiger partial charge >= 0.3 is 0 Å². The number of aromatic nitrogens is 1. The van der Waals surface area contributed by atoms with Crippen molar-refractivity contribution in [2.75, 3.05) is 25.6 Å². The van der Waals surface area contributed by atoms with Gasteiger partial charge in [-0.2, -0.15) is 0 Å². The second-order valence-corrected chi connectivity index (χ2v) is 4.41. The SMILES string of the molecule is Cc1ccc2c(c1)c(CCN)cn2N(C)C. The summed E-state index contributed by atoms with van der Waals surface area (Å²) < 4.78 is 2.17. The van der Waals surface area contributed by atoms with Crippen LogP contribution in [0.1, 0.15) is 11.1 Å². The molecular formula is C13H19N3. The number of hydrogen-bond acceptors (Lipinski definition) is 2. The first-order valence-electron chi connectivity index (χ1n) is 5.61. The van der Waals surface area contributed by atoms with E-state index in [2.05, 4.69) is 41.0 Å². The van der Waals surface area contributed by atoms with Crippen molar-refractivity contribution in [2.45, 2.75) is 13.3 Å². The molecule has 1 aromatic heterocycles. The topological polar surface area (TPSA) is 34.2 Å². The Morgan fingerprint density at radius 1 is 1.31 bits per heavy atom.